The van der Waals surface area contributed by atoms with Gasteiger partial charge < -0.3 is 4.98 Å². The predicted molar refractivity (Wildman–Crippen MR) is 133 cm³/mol. The van der Waals surface area contributed by atoms with Crippen LogP contribution in [0, 0.1) is 5.92 Å². The van der Waals surface area contributed by atoms with Crippen molar-refractivity contribution < 1.29 is 4.79 Å². The number of H-pyrrole nitrogens is 1. The van der Waals surface area contributed by atoms with Crippen molar-refractivity contribution in [1.82, 2.24) is 9.88 Å². The number of nitrogens with zero attached hydrogens (tertiary/aromatic N) is 1. The second-order valence-electron chi connectivity index (χ2n) is 13.0. The van der Waals surface area contributed by atoms with Crippen LogP contribution in [-0.2, 0) is 27.5 Å². The van der Waals surface area contributed by atoms with Crippen LogP contribution in [0.25, 0.3) is 10.9 Å². The molecule has 172 valence electrons. The fourth-order valence-corrected chi connectivity index (χ4v) is 5.41. The third kappa shape index (κ3) is 4.62. The first-order chi connectivity index (χ1) is 14.0. The molecule has 0 amide bonds. The number of ketones is 1. The lowest BCUT2D eigenvalue weighted by Crippen LogP contribution is -2.36. The molecule has 0 saturated carbocycles. The van der Waals surface area contributed by atoms with Crippen molar-refractivity contribution in [3.05, 3.63) is 34.5 Å². The van der Waals surface area contributed by atoms with Crippen molar-refractivity contribution in [2.24, 2.45) is 5.92 Å². The number of hydrogen-bond donors (Lipinski definition) is 1. The highest BCUT2D eigenvalue weighted by Crippen LogP contribution is 2.42. The van der Waals surface area contributed by atoms with E-state index >= 15 is 0 Å². The van der Waals surface area contributed by atoms with E-state index in [0.717, 1.165) is 19.4 Å². The van der Waals surface area contributed by atoms with Crippen molar-refractivity contribution >= 4 is 16.7 Å². The lowest BCUT2D eigenvalue weighted by atomic mass is 9.76. The highest BCUT2D eigenvalue weighted by molar-refractivity contribution is 5.90. The number of nitrogens with one attached hydrogen (secondary N) is 1. The molecule has 1 aliphatic rings. The van der Waals surface area contributed by atoms with Crippen molar-refractivity contribution in [1.29, 1.82) is 0 Å². The Morgan fingerprint density at radius 2 is 1.61 bits per heavy atom. The number of aromatic nitrogens is 1. The van der Waals surface area contributed by atoms with Crippen LogP contribution in [0.5, 0.6) is 0 Å². The maximum atomic E-state index is 12.5. The average molecular weight is 425 g/mol. The van der Waals surface area contributed by atoms with Gasteiger partial charge in [0.05, 0.1) is 6.04 Å². The summed E-state index contributed by atoms with van der Waals surface area (Å²) < 4.78 is 0. The predicted octanol–water partition coefficient (Wildman–Crippen LogP) is 6.51. The zero-order chi connectivity index (χ0) is 23.5. The number of rotatable bonds is 3. The van der Waals surface area contributed by atoms with E-state index in [4.69, 9.17) is 0 Å². The minimum Gasteiger partial charge on any atom is -0.358 e. The lowest BCUT2D eigenvalue weighted by Gasteiger charge is -2.28. The molecular weight excluding hydrogens is 380 g/mol. The number of Topliss-reactive ketones (excluding diaryl/α,β-unsaturated/α-hetero) is 1. The van der Waals surface area contributed by atoms with E-state index in [-0.39, 0.29) is 22.3 Å². The molecule has 3 heteroatoms. The van der Waals surface area contributed by atoms with Gasteiger partial charge in [0.25, 0.3) is 0 Å². The summed E-state index contributed by atoms with van der Waals surface area (Å²) in [6.07, 6.45) is 2.04. The SMILES string of the molecule is CC(=O)C1C(Cc2c(C(C)(C)C)[nH]c3cc(C(C)(C)C)cc(C(C)(C)C)c23)CCN1C. The lowest BCUT2D eigenvalue weighted by molar-refractivity contribution is -0.121. The van der Waals surface area contributed by atoms with Crippen LogP contribution in [0.15, 0.2) is 12.1 Å². The van der Waals surface area contributed by atoms with Gasteiger partial charge >= 0.3 is 0 Å². The summed E-state index contributed by atoms with van der Waals surface area (Å²) in [4.78, 5) is 18.6. The molecule has 2 atom stereocenters. The minimum atomic E-state index is 0.0155. The fraction of sp³-hybridized carbons (Fsp3) is 0.679. The van der Waals surface area contributed by atoms with Crippen LogP contribution in [0.4, 0.5) is 0 Å². The Bertz CT molecular complexity index is 976. The maximum absolute atomic E-state index is 12.5. The van der Waals surface area contributed by atoms with Crippen LogP contribution in [0.1, 0.15) is 98.0 Å². The molecule has 0 radical (unpaired) electrons. The van der Waals surface area contributed by atoms with Gasteiger partial charge in [0, 0.05) is 22.0 Å². The van der Waals surface area contributed by atoms with Gasteiger partial charge in [-0.25, -0.2) is 0 Å². The fourth-order valence-electron chi connectivity index (χ4n) is 5.41. The Balaban J connectivity index is 2.29. The zero-order valence-electron chi connectivity index (χ0n) is 21.8. The van der Waals surface area contributed by atoms with E-state index in [9.17, 15) is 4.79 Å². The molecule has 0 bridgehead atoms. The van der Waals surface area contributed by atoms with Gasteiger partial charge in [-0.05, 0) is 72.9 Å². The molecule has 1 aromatic carbocycles. The number of carbonyl (C=O) groups excluding carboxylic acids is 1. The van der Waals surface area contributed by atoms with E-state index < -0.39 is 0 Å². The largest absolute Gasteiger partial charge is 0.358 e. The molecular formula is C28H44N2O. The molecule has 1 aliphatic heterocycles. The Kier molecular flexibility index (Phi) is 6.02. The van der Waals surface area contributed by atoms with Crippen molar-refractivity contribution in [3.63, 3.8) is 0 Å². The topological polar surface area (TPSA) is 36.1 Å². The molecule has 0 aliphatic carbocycles. The van der Waals surface area contributed by atoms with Crippen LogP contribution >= 0.6 is 0 Å². The molecule has 3 nitrogen and oxygen atoms in total. The molecule has 1 aromatic heterocycles. The molecule has 31 heavy (non-hydrogen) atoms. The normalized spacial score (nSPS) is 21.3. The summed E-state index contributed by atoms with van der Waals surface area (Å²) in [5.74, 6) is 0.672. The highest BCUT2D eigenvalue weighted by Gasteiger charge is 2.37. The summed E-state index contributed by atoms with van der Waals surface area (Å²) in [5.41, 5.74) is 6.95. The summed E-state index contributed by atoms with van der Waals surface area (Å²) in [7, 11) is 2.10. The van der Waals surface area contributed by atoms with Gasteiger partial charge in [0.2, 0.25) is 0 Å². The number of hydrogen-bond acceptors (Lipinski definition) is 2. The monoisotopic (exact) mass is 424 g/mol. The quantitative estimate of drug-likeness (QED) is 0.609. The van der Waals surface area contributed by atoms with Crippen molar-refractivity contribution in [2.75, 3.05) is 13.6 Å². The summed E-state index contributed by atoms with van der Waals surface area (Å²) in [6, 6.07) is 4.84. The number of carbonyl (C=O) groups is 1. The standard InChI is InChI=1S/C28H44N2O/c1-17(31)24-18(12-13-30(24)11)14-20-23-21(27(5,6)7)15-19(26(2,3)4)16-22(23)29-25(20)28(8,9)10/h15-16,18,24,29H,12-14H2,1-11H3. The first-order valence-electron chi connectivity index (χ1n) is 11.9. The smallest absolute Gasteiger partial charge is 0.147 e. The average Bonchev–Trinajstić information content (AvgIpc) is 3.13. The van der Waals surface area contributed by atoms with Gasteiger partial charge in [-0.2, -0.15) is 0 Å². The molecule has 1 saturated heterocycles. The number of fused-ring (bicyclic) bond motifs is 1. The summed E-state index contributed by atoms with van der Waals surface area (Å²) in [5, 5.41) is 1.39. The summed E-state index contributed by atoms with van der Waals surface area (Å²) >= 11 is 0. The Morgan fingerprint density at radius 3 is 2.10 bits per heavy atom. The molecule has 2 aromatic rings. The van der Waals surface area contributed by atoms with Gasteiger partial charge in [-0.1, -0.05) is 68.4 Å². The maximum Gasteiger partial charge on any atom is 0.147 e. The molecule has 3 rings (SSSR count). The van der Waals surface area contributed by atoms with E-state index in [2.05, 4.69) is 91.4 Å². The molecule has 2 heterocycles. The number of likely N-dealkylation sites (tertiary alicyclic amines) is 1. The highest BCUT2D eigenvalue weighted by atomic mass is 16.1. The third-order valence-electron chi connectivity index (χ3n) is 7.08. The van der Waals surface area contributed by atoms with Gasteiger partial charge in [-0.3, -0.25) is 9.69 Å². The minimum absolute atomic E-state index is 0.0155. The first kappa shape index (κ1) is 24.0. The first-order valence-corrected chi connectivity index (χ1v) is 11.9. The third-order valence-corrected chi connectivity index (χ3v) is 7.08. The number of likely N-dealkylation sites (N-methyl/N-ethyl adjacent to an activating group) is 1. The zero-order valence-corrected chi connectivity index (χ0v) is 21.8. The Morgan fingerprint density at radius 1 is 1.00 bits per heavy atom. The van der Waals surface area contributed by atoms with Crippen LogP contribution in [0.3, 0.4) is 0 Å². The molecule has 0 spiro atoms. The van der Waals surface area contributed by atoms with E-state index in [1.807, 2.05) is 0 Å². The Labute approximate surface area is 190 Å². The van der Waals surface area contributed by atoms with E-state index in [1.54, 1.807) is 6.92 Å². The summed E-state index contributed by atoms with van der Waals surface area (Å²) in [6.45, 7) is 23.5. The number of aromatic amines is 1. The van der Waals surface area contributed by atoms with Crippen molar-refractivity contribution in [2.45, 2.75) is 104 Å². The number of benzene rings is 1. The van der Waals surface area contributed by atoms with Gasteiger partial charge in [0.1, 0.15) is 5.78 Å². The molecule has 1 N–H and O–H groups in total. The van der Waals surface area contributed by atoms with Crippen LogP contribution < -0.4 is 0 Å². The second kappa shape index (κ2) is 7.76. The Hall–Kier alpha value is -1.61. The van der Waals surface area contributed by atoms with Crippen molar-refractivity contribution in [3.8, 4) is 0 Å². The van der Waals surface area contributed by atoms with Crippen LogP contribution in [0.2, 0.25) is 0 Å². The molecule has 1 fully saturated rings. The molecule has 2 unspecified atom stereocenters. The van der Waals surface area contributed by atoms with Gasteiger partial charge in [-0.15, -0.1) is 0 Å². The van der Waals surface area contributed by atoms with E-state index in [1.165, 1.54) is 33.3 Å². The van der Waals surface area contributed by atoms with E-state index in [0.29, 0.717) is 11.7 Å². The van der Waals surface area contributed by atoms with Crippen LogP contribution in [-0.4, -0.2) is 35.3 Å². The van der Waals surface area contributed by atoms with Gasteiger partial charge in [0.15, 0.2) is 0 Å². The second-order valence-corrected chi connectivity index (χ2v) is 13.0.